The van der Waals surface area contributed by atoms with Crippen molar-refractivity contribution in [2.75, 3.05) is 0 Å². The molecule has 2 unspecified atom stereocenters. The van der Waals surface area contributed by atoms with Gasteiger partial charge in [-0.1, -0.05) is 0 Å². The Morgan fingerprint density at radius 2 is 2.20 bits per heavy atom. The second-order valence-corrected chi connectivity index (χ2v) is 6.91. The van der Waals surface area contributed by atoms with E-state index in [1.807, 2.05) is 33.8 Å². The van der Waals surface area contributed by atoms with Gasteiger partial charge in [-0.15, -0.1) is 4.72 Å². The van der Waals surface area contributed by atoms with E-state index in [2.05, 4.69) is 4.72 Å². The van der Waals surface area contributed by atoms with Crippen LogP contribution < -0.4 is 4.72 Å². The summed E-state index contributed by atoms with van der Waals surface area (Å²) in [5.74, 6) is 0. The number of allylic oxidation sites excluding steroid dienone is 1. The first-order valence-electron chi connectivity index (χ1n) is 5.40. The van der Waals surface area contributed by atoms with Crippen LogP contribution in [0.1, 0.15) is 40.5 Å². The summed E-state index contributed by atoms with van der Waals surface area (Å²) >= 11 is -1.02. The van der Waals surface area contributed by atoms with Crippen molar-refractivity contribution in [1.82, 2.24) is 4.72 Å². The van der Waals surface area contributed by atoms with Crippen molar-refractivity contribution in [3.8, 4) is 0 Å². The Kier molecular flexibility index (Phi) is 4.49. The SMILES string of the molecule is CC(N[S+]([O-])C(C)(C)C)[C@@H]1CCC=CO1. The van der Waals surface area contributed by atoms with Crippen LogP contribution in [0.4, 0.5) is 0 Å². The van der Waals surface area contributed by atoms with Crippen LogP contribution in [0.3, 0.4) is 0 Å². The van der Waals surface area contributed by atoms with Crippen LogP contribution >= 0.6 is 0 Å². The van der Waals surface area contributed by atoms with E-state index >= 15 is 0 Å². The molecule has 0 aliphatic carbocycles. The molecule has 3 nitrogen and oxygen atoms in total. The molecule has 88 valence electrons. The van der Waals surface area contributed by atoms with Crippen molar-refractivity contribution in [1.29, 1.82) is 0 Å². The molecule has 0 aromatic rings. The molecule has 0 radical (unpaired) electrons. The van der Waals surface area contributed by atoms with E-state index in [9.17, 15) is 4.55 Å². The lowest BCUT2D eigenvalue weighted by Gasteiger charge is -2.30. The highest BCUT2D eigenvalue weighted by Gasteiger charge is 2.31. The van der Waals surface area contributed by atoms with E-state index in [1.54, 1.807) is 6.26 Å². The second kappa shape index (κ2) is 5.23. The Morgan fingerprint density at radius 3 is 2.67 bits per heavy atom. The van der Waals surface area contributed by atoms with Crippen LogP contribution in [0.15, 0.2) is 12.3 Å². The predicted molar refractivity (Wildman–Crippen MR) is 63.7 cm³/mol. The van der Waals surface area contributed by atoms with Crippen LogP contribution in [0, 0.1) is 0 Å². The molecule has 0 saturated carbocycles. The van der Waals surface area contributed by atoms with Crippen molar-refractivity contribution < 1.29 is 9.29 Å². The zero-order valence-electron chi connectivity index (χ0n) is 9.95. The molecule has 15 heavy (non-hydrogen) atoms. The Morgan fingerprint density at radius 1 is 1.53 bits per heavy atom. The van der Waals surface area contributed by atoms with Gasteiger partial charge in [0, 0.05) is 11.4 Å². The summed E-state index contributed by atoms with van der Waals surface area (Å²) in [6.45, 7) is 7.91. The lowest BCUT2D eigenvalue weighted by Crippen LogP contribution is -2.48. The summed E-state index contributed by atoms with van der Waals surface area (Å²) in [4.78, 5) is 0. The Bertz CT molecular complexity index is 225. The number of nitrogens with one attached hydrogen (secondary N) is 1. The highest BCUT2D eigenvalue weighted by Crippen LogP contribution is 2.18. The molecule has 3 atom stereocenters. The maximum atomic E-state index is 11.8. The molecule has 0 bridgehead atoms. The number of hydrogen-bond donors (Lipinski definition) is 1. The highest BCUT2D eigenvalue weighted by atomic mass is 32.2. The third-order valence-electron chi connectivity index (χ3n) is 2.37. The first-order valence-corrected chi connectivity index (χ1v) is 6.55. The smallest absolute Gasteiger partial charge is 0.136 e. The molecule has 4 heteroatoms. The normalized spacial score (nSPS) is 25.8. The van der Waals surface area contributed by atoms with E-state index in [-0.39, 0.29) is 16.9 Å². The largest absolute Gasteiger partial charge is 0.598 e. The molecule has 0 aromatic heterocycles. The van der Waals surface area contributed by atoms with Crippen molar-refractivity contribution in [2.45, 2.75) is 57.4 Å². The molecule has 0 spiro atoms. The van der Waals surface area contributed by atoms with Gasteiger partial charge in [0.1, 0.15) is 10.9 Å². The molecule has 0 fully saturated rings. The lowest BCUT2D eigenvalue weighted by atomic mass is 10.1. The van der Waals surface area contributed by atoms with E-state index in [4.69, 9.17) is 4.74 Å². The van der Waals surface area contributed by atoms with E-state index < -0.39 is 11.4 Å². The third-order valence-corrected chi connectivity index (χ3v) is 4.07. The van der Waals surface area contributed by atoms with E-state index in [1.165, 1.54) is 0 Å². The average molecular weight is 231 g/mol. The first-order chi connectivity index (χ1) is 6.91. The molecule has 0 saturated heterocycles. The van der Waals surface area contributed by atoms with Crippen molar-refractivity contribution in [3.63, 3.8) is 0 Å². The van der Waals surface area contributed by atoms with Gasteiger partial charge in [0.2, 0.25) is 0 Å². The van der Waals surface area contributed by atoms with E-state index in [0.29, 0.717) is 0 Å². The summed E-state index contributed by atoms with van der Waals surface area (Å²) in [5.41, 5.74) is 0. The van der Waals surface area contributed by atoms with Crippen LogP contribution in [0.25, 0.3) is 0 Å². The standard InChI is InChI=1S/C11H21NO2S/c1-9(10-7-5-6-8-14-10)12-15(13)11(2,3)4/h6,8-10,12H,5,7H2,1-4H3/t9?,10-,15?/m0/s1. The molecule has 1 N–H and O–H groups in total. The van der Waals surface area contributed by atoms with Gasteiger partial charge in [-0.2, -0.15) is 0 Å². The van der Waals surface area contributed by atoms with Gasteiger partial charge in [0.25, 0.3) is 0 Å². The summed E-state index contributed by atoms with van der Waals surface area (Å²) in [5, 5.41) is 0. The maximum absolute atomic E-state index is 11.8. The van der Waals surface area contributed by atoms with Crippen molar-refractivity contribution in [2.24, 2.45) is 0 Å². The van der Waals surface area contributed by atoms with Crippen LogP contribution in [-0.2, 0) is 16.1 Å². The fourth-order valence-electron chi connectivity index (χ4n) is 1.34. The van der Waals surface area contributed by atoms with Gasteiger partial charge >= 0.3 is 0 Å². The minimum atomic E-state index is -1.02. The van der Waals surface area contributed by atoms with Gasteiger partial charge in [-0.05, 0) is 46.6 Å². The van der Waals surface area contributed by atoms with Gasteiger partial charge in [-0.25, -0.2) is 0 Å². The van der Waals surface area contributed by atoms with Crippen molar-refractivity contribution >= 4 is 11.4 Å². The maximum Gasteiger partial charge on any atom is 0.136 e. The number of rotatable bonds is 3. The summed E-state index contributed by atoms with van der Waals surface area (Å²) < 4.78 is 20.2. The zero-order valence-corrected chi connectivity index (χ0v) is 10.8. The molecule has 1 rings (SSSR count). The molecule has 1 aliphatic rings. The molecule has 0 amide bonds. The first kappa shape index (κ1) is 12.9. The Labute approximate surface area is 95.6 Å². The summed E-state index contributed by atoms with van der Waals surface area (Å²) in [7, 11) is 0. The molecule has 0 aromatic carbocycles. The van der Waals surface area contributed by atoms with Crippen LogP contribution in [0.2, 0.25) is 0 Å². The summed E-state index contributed by atoms with van der Waals surface area (Å²) in [6, 6.07) is 0.120. The minimum Gasteiger partial charge on any atom is -0.598 e. The molecule has 1 heterocycles. The topological polar surface area (TPSA) is 44.3 Å². The van der Waals surface area contributed by atoms with Crippen molar-refractivity contribution in [3.05, 3.63) is 12.3 Å². The van der Waals surface area contributed by atoms with Gasteiger partial charge in [0.05, 0.1) is 12.3 Å². The lowest BCUT2D eigenvalue weighted by molar-refractivity contribution is 0.0991. The number of hydrogen-bond acceptors (Lipinski definition) is 3. The van der Waals surface area contributed by atoms with Gasteiger partial charge < -0.3 is 9.29 Å². The predicted octanol–water partition coefficient (Wildman–Crippen LogP) is 2.12. The Balaban J connectivity index is 2.41. The average Bonchev–Trinajstić information content (AvgIpc) is 2.17. The zero-order chi connectivity index (χ0) is 11.5. The highest BCUT2D eigenvalue weighted by molar-refractivity contribution is 7.90. The molecule has 1 aliphatic heterocycles. The monoisotopic (exact) mass is 231 g/mol. The second-order valence-electron chi connectivity index (χ2n) is 4.91. The van der Waals surface area contributed by atoms with Crippen LogP contribution in [-0.4, -0.2) is 21.4 Å². The number of ether oxygens (including phenoxy) is 1. The molecular weight excluding hydrogens is 210 g/mol. The third kappa shape index (κ3) is 4.05. The fraction of sp³-hybridized carbons (Fsp3) is 0.818. The van der Waals surface area contributed by atoms with Gasteiger partial charge in [0.15, 0.2) is 0 Å². The van der Waals surface area contributed by atoms with Crippen LogP contribution in [0.5, 0.6) is 0 Å². The van der Waals surface area contributed by atoms with E-state index in [0.717, 1.165) is 12.8 Å². The van der Waals surface area contributed by atoms with Gasteiger partial charge in [-0.3, -0.25) is 0 Å². The summed E-state index contributed by atoms with van der Waals surface area (Å²) in [6.07, 6.45) is 5.93. The fourth-order valence-corrected chi connectivity index (χ4v) is 2.19. The minimum absolute atomic E-state index is 0.120. The quantitative estimate of drug-likeness (QED) is 0.757. The molecular formula is C11H21NO2S. The Hall–Kier alpha value is -0.190.